The normalized spacial score (nSPS) is 15.5. The summed E-state index contributed by atoms with van der Waals surface area (Å²) in [6.45, 7) is 0.604. The molecule has 1 aliphatic heterocycles. The average Bonchev–Trinajstić information content (AvgIpc) is 2.36. The second kappa shape index (κ2) is 3.86. The molecule has 0 aromatic carbocycles. The summed E-state index contributed by atoms with van der Waals surface area (Å²) in [6, 6.07) is 0. The van der Waals surface area contributed by atoms with Crippen LogP contribution in [0.3, 0.4) is 0 Å². The third-order valence-corrected chi connectivity index (χ3v) is 2.14. The van der Waals surface area contributed by atoms with Gasteiger partial charge in [-0.1, -0.05) is 0 Å². The summed E-state index contributed by atoms with van der Waals surface area (Å²) in [6.07, 6.45) is 1.81. The van der Waals surface area contributed by atoms with Gasteiger partial charge in [0.1, 0.15) is 7.85 Å². The molecule has 0 aliphatic carbocycles. The molecular weight excluding hydrogens is 193 g/mol. The van der Waals surface area contributed by atoms with Crippen molar-refractivity contribution in [3.8, 4) is 0 Å². The number of nitrogens with one attached hydrogen (secondary N) is 1. The van der Waals surface area contributed by atoms with E-state index in [1.54, 1.807) is 0 Å². The summed E-state index contributed by atoms with van der Waals surface area (Å²) in [5.74, 6) is 0.865. The maximum absolute atomic E-state index is 11.6. The highest BCUT2D eigenvalue weighted by molar-refractivity contribution is 6.30. The molecule has 2 rings (SSSR count). The lowest BCUT2D eigenvalue weighted by Gasteiger charge is -2.18. The van der Waals surface area contributed by atoms with E-state index in [2.05, 4.69) is 15.3 Å². The SMILES string of the molecule is [B]c1cnc2c(n1)N(CN)C(=O)CCN2. The highest BCUT2D eigenvalue weighted by Crippen LogP contribution is 2.21. The fourth-order valence-corrected chi connectivity index (χ4v) is 1.43. The number of anilines is 2. The Kier molecular flexibility index (Phi) is 2.55. The van der Waals surface area contributed by atoms with Crippen LogP contribution in [-0.4, -0.2) is 36.9 Å². The summed E-state index contributed by atoms with van der Waals surface area (Å²) in [5.41, 5.74) is 5.76. The van der Waals surface area contributed by atoms with Gasteiger partial charge in [0.15, 0.2) is 11.6 Å². The van der Waals surface area contributed by atoms with Crippen molar-refractivity contribution in [1.29, 1.82) is 0 Å². The summed E-state index contributed by atoms with van der Waals surface area (Å²) in [4.78, 5) is 21.1. The Morgan fingerprint density at radius 2 is 2.47 bits per heavy atom. The number of carbonyl (C=O) groups is 1. The first-order valence-corrected chi connectivity index (χ1v) is 4.59. The van der Waals surface area contributed by atoms with Gasteiger partial charge < -0.3 is 11.1 Å². The average molecular weight is 203 g/mol. The summed E-state index contributed by atoms with van der Waals surface area (Å²) in [7, 11) is 5.52. The first-order chi connectivity index (χ1) is 7.22. The van der Waals surface area contributed by atoms with E-state index in [4.69, 9.17) is 13.6 Å². The lowest BCUT2D eigenvalue weighted by Crippen LogP contribution is -2.37. The van der Waals surface area contributed by atoms with Gasteiger partial charge in [-0.2, -0.15) is 0 Å². The molecule has 6 nitrogen and oxygen atoms in total. The molecule has 2 heterocycles. The number of rotatable bonds is 1. The zero-order chi connectivity index (χ0) is 10.8. The minimum atomic E-state index is -0.0800. The molecule has 2 radical (unpaired) electrons. The number of carbonyl (C=O) groups excluding carboxylic acids is 1. The number of nitrogens with two attached hydrogens (primary N) is 1. The summed E-state index contributed by atoms with van der Waals surface area (Å²) < 4.78 is 0. The van der Waals surface area contributed by atoms with Crippen molar-refractivity contribution in [1.82, 2.24) is 9.97 Å². The van der Waals surface area contributed by atoms with Gasteiger partial charge in [-0.15, -0.1) is 0 Å². The van der Waals surface area contributed by atoms with E-state index < -0.39 is 0 Å². The van der Waals surface area contributed by atoms with Gasteiger partial charge in [0.25, 0.3) is 0 Å². The Hall–Kier alpha value is -1.63. The predicted molar refractivity (Wildman–Crippen MR) is 57.1 cm³/mol. The molecule has 0 saturated heterocycles. The molecule has 76 valence electrons. The molecule has 1 aromatic heterocycles. The maximum atomic E-state index is 11.6. The fourth-order valence-electron chi connectivity index (χ4n) is 1.43. The molecule has 0 bridgehead atoms. The van der Waals surface area contributed by atoms with Gasteiger partial charge in [-0.3, -0.25) is 9.69 Å². The number of aromatic nitrogens is 2. The second-order valence-corrected chi connectivity index (χ2v) is 3.15. The first kappa shape index (κ1) is 9.91. The zero-order valence-corrected chi connectivity index (χ0v) is 8.10. The van der Waals surface area contributed by atoms with Gasteiger partial charge in [0.05, 0.1) is 6.67 Å². The highest BCUT2D eigenvalue weighted by atomic mass is 16.2. The van der Waals surface area contributed by atoms with Gasteiger partial charge in [0.2, 0.25) is 5.91 Å². The van der Waals surface area contributed by atoms with Gasteiger partial charge >= 0.3 is 0 Å². The van der Waals surface area contributed by atoms with E-state index in [0.717, 1.165) is 0 Å². The van der Waals surface area contributed by atoms with Crippen LogP contribution in [0, 0.1) is 0 Å². The van der Waals surface area contributed by atoms with Crippen molar-refractivity contribution < 1.29 is 4.79 Å². The monoisotopic (exact) mass is 203 g/mol. The molecule has 0 fully saturated rings. The number of fused-ring (bicyclic) bond motifs is 1. The quantitative estimate of drug-likeness (QED) is 0.533. The molecule has 7 heteroatoms. The first-order valence-electron chi connectivity index (χ1n) is 4.59. The minimum absolute atomic E-state index is 0.0750. The Labute approximate surface area is 88.3 Å². The molecule has 1 aliphatic rings. The van der Waals surface area contributed by atoms with Crippen molar-refractivity contribution in [2.24, 2.45) is 5.73 Å². The van der Waals surface area contributed by atoms with Crippen LogP contribution in [0.4, 0.5) is 11.6 Å². The molecular formula is C8H10BN5O. The van der Waals surface area contributed by atoms with E-state index in [1.807, 2.05) is 0 Å². The van der Waals surface area contributed by atoms with Crippen molar-refractivity contribution in [3.63, 3.8) is 0 Å². The molecule has 0 unspecified atom stereocenters. The molecule has 0 atom stereocenters. The minimum Gasteiger partial charge on any atom is -0.366 e. The standard InChI is InChI=1S/C8H10BN5O/c9-5-3-12-7-8(13-5)14(4-10)6(15)1-2-11-7/h3H,1-2,4,10H2,(H,11,12). The lowest BCUT2D eigenvalue weighted by atomic mass is 10.1. The van der Waals surface area contributed by atoms with E-state index >= 15 is 0 Å². The number of hydrogen-bond acceptors (Lipinski definition) is 5. The second-order valence-electron chi connectivity index (χ2n) is 3.15. The Bertz CT molecular complexity index is 397. The zero-order valence-electron chi connectivity index (χ0n) is 8.10. The molecule has 1 amide bonds. The third-order valence-electron chi connectivity index (χ3n) is 2.14. The van der Waals surface area contributed by atoms with Crippen molar-refractivity contribution in [2.45, 2.75) is 6.42 Å². The van der Waals surface area contributed by atoms with Crippen LogP contribution in [0.2, 0.25) is 0 Å². The fraction of sp³-hybridized carbons (Fsp3) is 0.375. The van der Waals surface area contributed by atoms with Crippen LogP contribution in [-0.2, 0) is 4.79 Å². The predicted octanol–water partition coefficient (Wildman–Crippen LogP) is -1.66. The van der Waals surface area contributed by atoms with Gasteiger partial charge in [-0.25, -0.2) is 9.97 Å². The molecule has 3 N–H and O–H groups in total. The van der Waals surface area contributed by atoms with Gasteiger partial charge in [-0.05, 0) is 0 Å². The van der Waals surface area contributed by atoms with E-state index in [-0.39, 0.29) is 18.2 Å². The van der Waals surface area contributed by atoms with Gasteiger partial charge in [0, 0.05) is 24.8 Å². The molecule has 1 aromatic rings. The third kappa shape index (κ3) is 1.78. The topological polar surface area (TPSA) is 84.1 Å². The number of amides is 1. The van der Waals surface area contributed by atoms with E-state index in [9.17, 15) is 4.79 Å². The molecule has 15 heavy (non-hydrogen) atoms. The highest BCUT2D eigenvalue weighted by Gasteiger charge is 2.22. The van der Waals surface area contributed by atoms with Crippen LogP contribution in [0.1, 0.15) is 6.42 Å². The number of hydrogen-bond donors (Lipinski definition) is 2. The Morgan fingerprint density at radius 3 is 3.20 bits per heavy atom. The molecule has 0 spiro atoms. The lowest BCUT2D eigenvalue weighted by molar-refractivity contribution is -0.118. The summed E-state index contributed by atoms with van der Waals surface area (Å²) >= 11 is 0. The molecule has 0 saturated carbocycles. The van der Waals surface area contributed by atoms with Crippen LogP contribution < -0.4 is 21.5 Å². The van der Waals surface area contributed by atoms with E-state index in [0.29, 0.717) is 24.6 Å². The van der Waals surface area contributed by atoms with Crippen LogP contribution in [0.25, 0.3) is 0 Å². The smallest absolute Gasteiger partial charge is 0.231 e. The van der Waals surface area contributed by atoms with Crippen LogP contribution in [0.5, 0.6) is 0 Å². The number of nitrogens with zero attached hydrogens (tertiary/aromatic N) is 3. The largest absolute Gasteiger partial charge is 0.366 e. The van der Waals surface area contributed by atoms with Crippen molar-refractivity contribution in [2.75, 3.05) is 23.4 Å². The van der Waals surface area contributed by atoms with E-state index in [1.165, 1.54) is 11.1 Å². The van der Waals surface area contributed by atoms with Crippen LogP contribution >= 0.6 is 0 Å². The maximum Gasteiger partial charge on any atom is 0.231 e. The Balaban J connectivity index is 2.49. The Morgan fingerprint density at radius 1 is 1.67 bits per heavy atom. The summed E-state index contributed by atoms with van der Waals surface area (Å²) in [5, 5.41) is 3.00. The van der Waals surface area contributed by atoms with Crippen molar-refractivity contribution in [3.05, 3.63) is 6.20 Å². The van der Waals surface area contributed by atoms with Crippen LogP contribution in [0.15, 0.2) is 6.20 Å². The van der Waals surface area contributed by atoms with Crippen molar-refractivity contribution >= 4 is 31.0 Å².